The Kier molecular flexibility index (Phi) is 5.24. The Hall–Kier alpha value is -1.74. The van der Waals surface area contributed by atoms with E-state index < -0.39 is 5.82 Å². The molecule has 1 unspecified atom stereocenters. The molecule has 1 nitrogen and oxygen atoms in total. The summed E-state index contributed by atoms with van der Waals surface area (Å²) in [5, 5.41) is 3.16. The zero-order valence-electron chi connectivity index (χ0n) is 11.6. The quantitative estimate of drug-likeness (QED) is 0.777. The van der Waals surface area contributed by atoms with Crippen molar-refractivity contribution in [2.75, 3.05) is 6.54 Å². The molecule has 2 aromatic carbocycles. The smallest absolute Gasteiger partial charge is 0.127 e. The SMILES string of the molecule is CC(CCNCc1cc(F)ccc1F)c1ccccc1. The van der Waals surface area contributed by atoms with Crippen molar-refractivity contribution in [3.05, 3.63) is 71.3 Å². The van der Waals surface area contributed by atoms with Gasteiger partial charge in [0.05, 0.1) is 0 Å². The van der Waals surface area contributed by atoms with Crippen LogP contribution in [0.15, 0.2) is 48.5 Å². The first-order valence-electron chi connectivity index (χ1n) is 6.86. The van der Waals surface area contributed by atoms with E-state index in [9.17, 15) is 8.78 Å². The summed E-state index contributed by atoms with van der Waals surface area (Å²) in [6.45, 7) is 3.29. The fourth-order valence-corrected chi connectivity index (χ4v) is 2.17. The molecule has 106 valence electrons. The van der Waals surface area contributed by atoms with E-state index in [0.717, 1.165) is 19.0 Å². The number of hydrogen-bond donors (Lipinski definition) is 1. The van der Waals surface area contributed by atoms with Crippen LogP contribution in [-0.4, -0.2) is 6.54 Å². The van der Waals surface area contributed by atoms with Gasteiger partial charge in [-0.05, 0) is 42.6 Å². The molecule has 0 aliphatic rings. The fourth-order valence-electron chi connectivity index (χ4n) is 2.17. The van der Waals surface area contributed by atoms with Gasteiger partial charge in [0.15, 0.2) is 0 Å². The van der Waals surface area contributed by atoms with E-state index in [-0.39, 0.29) is 5.82 Å². The van der Waals surface area contributed by atoms with Gasteiger partial charge in [0, 0.05) is 12.1 Å². The third-order valence-electron chi connectivity index (χ3n) is 3.45. The van der Waals surface area contributed by atoms with E-state index in [0.29, 0.717) is 18.0 Å². The first-order valence-corrected chi connectivity index (χ1v) is 6.86. The highest BCUT2D eigenvalue weighted by Crippen LogP contribution is 2.17. The molecule has 0 radical (unpaired) electrons. The van der Waals surface area contributed by atoms with Crippen molar-refractivity contribution >= 4 is 0 Å². The number of hydrogen-bond acceptors (Lipinski definition) is 1. The lowest BCUT2D eigenvalue weighted by molar-refractivity contribution is 0.553. The minimum atomic E-state index is -0.402. The number of nitrogens with one attached hydrogen (secondary N) is 1. The minimum Gasteiger partial charge on any atom is -0.313 e. The highest BCUT2D eigenvalue weighted by molar-refractivity contribution is 5.19. The Morgan fingerprint density at radius 1 is 1.05 bits per heavy atom. The van der Waals surface area contributed by atoms with Gasteiger partial charge in [0.25, 0.3) is 0 Å². The van der Waals surface area contributed by atoms with Crippen molar-refractivity contribution in [3.63, 3.8) is 0 Å². The van der Waals surface area contributed by atoms with Crippen LogP contribution in [0.3, 0.4) is 0 Å². The van der Waals surface area contributed by atoms with Crippen LogP contribution in [0.1, 0.15) is 30.4 Å². The monoisotopic (exact) mass is 275 g/mol. The van der Waals surface area contributed by atoms with Crippen LogP contribution in [0.4, 0.5) is 8.78 Å². The van der Waals surface area contributed by atoms with E-state index in [1.807, 2.05) is 18.2 Å². The molecule has 3 heteroatoms. The van der Waals surface area contributed by atoms with Gasteiger partial charge in [-0.2, -0.15) is 0 Å². The minimum absolute atomic E-state index is 0.352. The summed E-state index contributed by atoms with van der Waals surface area (Å²) in [4.78, 5) is 0. The standard InChI is InChI=1S/C17H19F2N/c1-13(14-5-3-2-4-6-14)9-10-20-12-15-11-16(18)7-8-17(15)19/h2-8,11,13,20H,9-10,12H2,1H3. The molecule has 1 atom stereocenters. The van der Waals surface area contributed by atoms with Crippen molar-refractivity contribution < 1.29 is 8.78 Å². The average molecular weight is 275 g/mol. The van der Waals surface area contributed by atoms with Crippen LogP contribution in [0.5, 0.6) is 0 Å². The molecule has 1 N–H and O–H groups in total. The van der Waals surface area contributed by atoms with Gasteiger partial charge < -0.3 is 5.32 Å². The molecule has 0 heterocycles. The Labute approximate surface area is 118 Å². The van der Waals surface area contributed by atoms with Gasteiger partial charge in [-0.1, -0.05) is 37.3 Å². The van der Waals surface area contributed by atoms with Crippen LogP contribution in [-0.2, 0) is 6.54 Å². The van der Waals surface area contributed by atoms with E-state index in [1.165, 1.54) is 17.7 Å². The van der Waals surface area contributed by atoms with E-state index in [4.69, 9.17) is 0 Å². The topological polar surface area (TPSA) is 12.0 Å². The molecular formula is C17H19F2N. The molecule has 0 bridgehead atoms. The predicted molar refractivity (Wildman–Crippen MR) is 77.5 cm³/mol. The second-order valence-electron chi connectivity index (χ2n) is 5.01. The molecule has 0 fully saturated rings. The summed E-state index contributed by atoms with van der Waals surface area (Å²) in [5.74, 6) is -0.322. The normalized spacial score (nSPS) is 12.3. The molecular weight excluding hydrogens is 256 g/mol. The van der Waals surface area contributed by atoms with Crippen molar-refractivity contribution in [1.82, 2.24) is 5.32 Å². The van der Waals surface area contributed by atoms with E-state index in [2.05, 4.69) is 24.4 Å². The molecule has 2 aromatic rings. The van der Waals surface area contributed by atoms with Gasteiger partial charge >= 0.3 is 0 Å². The molecule has 0 spiro atoms. The lowest BCUT2D eigenvalue weighted by atomic mass is 9.98. The summed E-state index contributed by atoms with van der Waals surface area (Å²) in [6, 6.07) is 13.8. The van der Waals surface area contributed by atoms with Crippen molar-refractivity contribution in [2.45, 2.75) is 25.8 Å². The molecule has 2 rings (SSSR count). The Balaban J connectivity index is 1.78. The summed E-state index contributed by atoms with van der Waals surface area (Å²) < 4.78 is 26.4. The van der Waals surface area contributed by atoms with Crippen LogP contribution < -0.4 is 5.32 Å². The van der Waals surface area contributed by atoms with Gasteiger partial charge in [0.2, 0.25) is 0 Å². The molecule has 0 aliphatic heterocycles. The van der Waals surface area contributed by atoms with Crippen LogP contribution in [0, 0.1) is 11.6 Å². The second-order valence-corrected chi connectivity index (χ2v) is 5.01. The molecule has 0 aromatic heterocycles. The summed E-state index contributed by atoms with van der Waals surface area (Å²) >= 11 is 0. The third kappa shape index (κ3) is 4.14. The van der Waals surface area contributed by atoms with Gasteiger partial charge in [-0.15, -0.1) is 0 Å². The zero-order valence-corrected chi connectivity index (χ0v) is 11.6. The van der Waals surface area contributed by atoms with Crippen molar-refractivity contribution in [2.24, 2.45) is 0 Å². The number of halogens is 2. The molecule has 20 heavy (non-hydrogen) atoms. The number of benzene rings is 2. The summed E-state index contributed by atoms with van der Waals surface area (Å²) in [7, 11) is 0. The highest BCUT2D eigenvalue weighted by atomic mass is 19.1. The van der Waals surface area contributed by atoms with Crippen LogP contribution >= 0.6 is 0 Å². The summed E-state index contributed by atoms with van der Waals surface area (Å²) in [5.41, 5.74) is 1.67. The highest BCUT2D eigenvalue weighted by Gasteiger charge is 2.06. The first-order chi connectivity index (χ1) is 9.66. The fraction of sp³-hybridized carbons (Fsp3) is 0.294. The lowest BCUT2D eigenvalue weighted by Gasteiger charge is -2.12. The average Bonchev–Trinajstić information content (AvgIpc) is 2.47. The van der Waals surface area contributed by atoms with Gasteiger partial charge in [-0.3, -0.25) is 0 Å². The van der Waals surface area contributed by atoms with Crippen molar-refractivity contribution in [1.29, 1.82) is 0 Å². The maximum Gasteiger partial charge on any atom is 0.127 e. The van der Waals surface area contributed by atoms with Gasteiger partial charge in [-0.25, -0.2) is 8.78 Å². The van der Waals surface area contributed by atoms with Gasteiger partial charge in [0.1, 0.15) is 11.6 Å². The summed E-state index contributed by atoms with van der Waals surface area (Å²) in [6.07, 6.45) is 0.959. The lowest BCUT2D eigenvalue weighted by Crippen LogP contribution is -2.17. The molecule has 0 saturated carbocycles. The van der Waals surface area contributed by atoms with Crippen LogP contribution in [0.25, 0.3) is 0 Å². The third-order valence-corrected chi connectivity index (χ3v) is 3.45. The Morgan fingerprint density at radius 2 is 1.80 bits per heavy atom. The van der Waals surface area contributed by atoms with E-state index >= 15 is 0 Å². The maximum absolute atomic E-state index is 13.4. The largest absolute Gasteiger partial charge is 0.313 e. The Morgan fingerprint density at radius 3 is 2.55 bits per heavy atom. The number of rotatable bonds is 6. The van der Waals surface area contributed by atoms with E-state index in [1.54, 1.807) is 0 Å². The molecule has 0 aliphatic carbocycles. The van der Waals surface area contributed by atoms with Crippen molar-refractivity contribution in [3.8, 4) is 0 Å². The first kappa shape index (κ1) is 14.7. The molecule has 0 amide bonds. The zero-order chi connectivity index (χ0) is 14.4. The Bertz CT molecular complexity index is 540. The van der Waals surface area contributed by atoms with Crippen LogP contribution in [0.2, 0.25) is 0 Å². The molecule has 0 saturated heterocycles. The maximum atomic E-state index is 13.4. The second kappa shape index (κ2) is 7.15. The predicted octanol–water partition coefficient (Wildman–Crippen LogP) is 4.25.